The Morgan fingerprint density at radius 1 is 0.950 bits per heavy atom. The SMILES string of the molecule is CCOC(=O)c1ccc2c(c1)NC(=O)C2=C(Nc1ccc(N(C(=O)CCN(C)C)C(C)C)cc1)c1ccccc1. The molecular weight excluding hydrogens is 504 g/mol. The summed E-state index contributed by atoms with van der Waals surface area (Å²) < 4.78 is 5.11. The summed E-state index contributed by atoms with van der Waals surface area (Å²) in [6.45, 7) is 6.71. The quantitative estimate of drug-likeness (QED) is 0.261. The van der Waals surface area contributed by atoms with Gasteiger partial charge >= 0.3 is 5.97 Å². The van der Waals surface area contributed by atoms with Gasteiger partial charge < -0.3 is 25.2 Å². The van der Waals surface area contributed by atoms with Crippen molar-refractivity contribution in [1.29, 1.82) is 0 Å². The second-order valence-corrected chi connectivity index (χ2v) is 10.1. The van der Waals surface area contributed by atoms with Crippen LogP contribution >= 0.6 is 0 Å². The first-order valence-electron chi connectivity index (χ1n) is 13.5. The van der Waals surface area contributed by atoms with Crippen LogP contribution in [0.1, 0.15) is 48.7 Å². The smallest absolute Gasteiger partial charge is 0.338 e. The number of nitrogens with one attached hydrogen (secondary N) is 2. The number of fused-ring (bicyclic) bond motifs is 1. The van der Waals surface area contributed by atoms with Gasteiger partial charge in [0.05, 0.1) is 29.1 Å². The number of anilines is 3. The first-order chi connectivity index (χ1) is 19.2. The summed E-state index contributed by atoms with van der Waals surface area (Å²) in [5, 5.41) is 6.35. The summed E-state index contributed by atoms with van der Waals surface area (Å²) in [5.74, 6) is -0.636. The zero-order valence-corrected chi connectivity index (χ0v) is 23.7. The van der Waals surface area contributed by atoms with Crippen LogP contribution in [0, 0.1) is 0 Å². The fourth-order valence-electron chi connectivity index (χ4n) is 4.67. The highest BCUT2D eigenvalue weighted by molar-refractivity contribution is 6.37. The molecule has 8 nitrogen and oxygen atoms in total. The lowest BCUT2D eigenvalue weighted by molar-refractivity contribution is -0.119. The average molecular weight is 541 g/mol. The van der Waals surface area contributed by atoms with Gasteiger partial charge in [-0.15, -0.1) is 0 Å². The van der Waals surface area contributed by atoms with E-state index in [1.807, 2.05) is 92.3 Å². The third-order valence-electron chi connectivity index (χ3n) is 6.56. The third kappa shape index (κ3) is 6.40. The molecule has 0 aliphatic carbocycles. The number of amides is 2. The van der Waals surface area contributed by atoms with Gasteiger partial charge in [-0.2, -0.15) is 0 Å². The number of carbonyl (C=O) groups excluding carboxylic acids is 3. The molecule has 0 atom stereocenters. The second kappa shape index (κ2) is 12.6. The van der Waals surface area contributed by atoms with Crippen molar-refractivity contribution in [3.05, 3.63) is 89.5 Å². The summed E-state index contributed by atoms with van der Waals surface area (Å²) >= 11 is 0. The van der Waals surface area contributed by atoms with Crippen LogP contribution < -0.4 is 15.5 Å². The number of nitrogens with zero attached hydrogens (tertiary/aromatic N) is 2. The molecule has 40 heavy (non-hydrogen) atoms. The lowest BCUT2D eigenvalue weighted by Crippen LogP contribution is -2.38. The summed E-state index contributed by atoms with van der Waals surface area (Å²) in [7, 11) is 3.91. The van der Waals surface area contributed by atoms with Gasteiger partial charge in [0.25, 0.3) is 5.91 Å². The Hall–Kier alpha value is -4.43. The molecule has 2 amide bonds. The minimum atomic E-state index is -0.436. The highest BCUT2D eigenvalue weighted by atomic mass is 16.5. The van der Waals surface area contributed by atoms with E-state index in [0.717, 1.165) is 16.9 Å². The van der Waals surface area contributed by atoms with Crippen LogP contribution in [0.25, 0.3) is 11.3 Å². The normalized spacial score (nSPS) is 13.6. The summed E-state index contributed by atoms with van der Waals surface area (Å²) in [6.07, 6.45) is 0.432. The summed E-state index contributed by atoms with van der Waals surface area (Å²) in [6, 6.07) is 22.4. The summed E-state index contributed by atoms with van der Waals surface area (Å²) in [4.78, 5) is 42.3. The van der Waals surface area contributed by atoms with Crippen LogP contribution in [-0.2, 0) is 14.3 Å². The van der Waals surface area contributed by atoms with Crippen LogP contribution in [0.4, 0.5) is 17.1 Å². The first kappa shape index (κ1) is 28.6. The predicted octanol–water partition coefficient (Wildman–Crippen LogP) is 5.49. The molecule has 1 aliphatic heterocycles. The molecule has 4 rings (SSSR count). The number of benzene rings is 3. The molecule has 0 saturated carbocycles. The van der Waals surface area contributed by atoms with Crippen molar-refractivity contribution in [3.8, 4) is 0 Å². The van der Waals surface area contributed by atoms with Crippen molar-refractivity contribution in [2.45, 2.75) is 33.2 Å². The number of esters is 1. The van der Waals surface area contributed by atoms with Gasteiger partial charge in [0.15, 0.2) is 0 Å². The maximum absolute atomic E-state index is 13.3. The molecule has 3 aromatic rings. The van der Waals surface area contributed by atoms with E-state index in [2.05, 4.69) is 10.6 Å². The second-order valence-electron chi connectivity index (χ2n) is 10.1. The van der Waals surface area contributed by atoms with Crippen LogP contribution in [0.5, 0.6) is 0 Å². The molecule has 3 aromatic carbocycles. The molecule has 1 aliphatic rings. The van der Waals surface area contributed by atoms with Crippen molar-refractivity contribution in [3.63, 3.8) is 0 Å². The van der Waals surface area contributed by atoms with Crippen LogP contribution in [-0.4, -0.2) is 56.0 Å². The van der Waals surface area contributed by atoms with Gasteiger partial charge in [0.1, 0.15) is 0 Å². The molecule has 208 valence electrons. The average Bonchev–Trinajstić information content (AvgIpc) is 3.26. The molecule has 0 unspecified atom stereocenters. The lowest BCUT2D eigenvalue weighted by atomic mass is 9.99. The van der Waals surface area contributed by atoms with Crippen molar-refractivity contribution >= 4 is 46.1 Å². The maximum Gasteiger partial charge on any atom is 0.338 e. The van der Waals surface area contributed by atoms with Crippen LogP contribution in [0.15, 0.2) is 72.8 Å². The zero-order chi connectivity index (χ0) is 28.8. The highest BCUT2D eigenvalue weighted by Crippen LogP contribution is 2.38. The van der Waals surface area contributed by atoms with Gasteiger partial charge in [0, 0.05) is 35.9 Å². The van der Waals surface area contributed by atoms with Crippen molar-refractivity contribution < 1.29 is 19.1 Å². The molecule has 0 aromatic heterocycles. The monoisotopic (exact) mass is 540 g/mol. The number of carbonyl (C=O) groups is 3. The number of ether oxygens (including phenoxy) is 1. The van der Waals surface area contributed by atoms with E-state index in [1.165, 1.54) is 0 Å². The molecule has 1 heterocycles. The van der Waals surface area contributed by atoms with E-state index in [9.17, 15) is 14.4 Å². The molecule has 0 spiro atoms. The minimum Gasteiger partial charge on any atom is -0.462 e. The lowest BCUT2D eigenvalue weighted by Gasteiger charge is -2.28. The largest absolute Gasteiger partial charge is 0.462 e. The Labute approximate surface area is 235 Å². The van der Waals surface area contributed by atoms with Gasteiger partial charge in [-0.1, -0.05) is 36.4 Å². The first-order valence-corrected chi connectivity index (χ1v) is 13.5. The van der Waals surface area contributed by atoms with Crippen molar-refractivity contribution in [1.82, 2.24) is 4.90 Å². The topological polar surface area (TPSA) is 91.0 Å². The fraction of sp³-hybridized carbons (Fsp3) is 0.281. The van der Waals surface area contributed by atoms with Gasteiger partial charge in [0.2, 0.25) is 5.91 Å². The molecule has 0 fully saturated rings. The van der Waals surface area contributed by atoms with E-state index in [4.69, 9.17) is 4.74 Å². The molecule has 0 radical (unpaired) electrons. The van der Waals surface area contributed by atoms with E-state index in [-0.39, 0.29) is 24.5 Å². The van der Waals surface area contributed by atoms with E-state index in [0.29, 0.717) is 41.1 Å². The Balaban J connectivity index is 1.69. The fourth-order valence-corrected chi connectivity index (χ4v) is 4.67. The maximum atomic E-state index is 13.3. The van der Waals surface area contributed by atoms with Crippen molar-refractivity contribution in [2.24, 2.45) is 0 Å². The molecule has 0 bridgehead atoms. The Bertz CT molecular complexity index is 1410. The Morgan fingerprint density at radius 2 is 1.65 bits per heavy atom. The van der Waals surface area contributed by atoms with Gasteiger partial charge in [-0.05, 0) is 76.8 Å². The van der Waals surface area contributed by atoms with E-state index >= 15 is 0 Å². The number of rotatable bonds is 10. The van der Waals surface area contributed by atoms with E-state index < -0.39 is 5.97 Å². The van der Waals surface area contributed by atoms with E-state index in [1.54, 1.807) is 25.1 Å². The number of hydrogen-bond acceptors (Lipinski definition) is 6. The molecule has 2 N–H and O–H groups in total. The Kier molecular flexibility index (Phi) is 9.01. The third-order valence-corrected chi connectivity index (χ3v) is 6.56. The Morgan fingerprint density at radius 3 is 2.27 bits per heavy atom. The highest BCUT2D eigenvalue weighted by Gasteiger charge is 2.29. The van der Waals surface area contributed by atoms with Crippen LogP contribution in [0.3, 0.4) is 0 Å². The molecule has 0 saturated heterocycles. The van der Waals surface area contributed by atoms with Gasteiger partial charge in [-0.25, -0.2) is 4.79 Å². The molecule has 8 heteroatoms. The standard InChI is InChI=1S/C32H36N4O4/c1-6-40-32(39)23-12-17-26-27(20-23)34-31(38)29(26)30(22-10-8-7-9-11-22)33-24-13-15-25(16-14-24)36(21(2)3)28(37)18-19-35(4)5/h7-17,20-21,33H,6,18-19H2,1-5H3,(H,34,38). The molecular formula is C32H36N4O4. The zero-order valence-electron chi connectivity index (χ0n) is 23.7. The number of hydrogen-bond donors (Lipinski definition) is 2. The summed E-state index contributed by atoms with van der Waals surface area (Å²) in [5.41, 5.74) is 5.15. The van der Waals surface area contributed by atoms with Crippen molar-refractivity contribution in [2.75, 3.05) is 42.8 Å². The minimum absolute atomic E-state index is 0.00801. The predicted molar refractivity (Wildman–Crippen MR) is 160 cm³/mol. The van der Waals surface area contributed by atoms with Crippen LogP contribution in [0.2, 0.25) is 0 Å². The van der Waals surface area contributed by atoms with Gasteiger partial charge in [-0.3, -0.25) is 9.59 Å².